The number of nitrogens with two attached hydrogens (primary N) is 1. The molecule has 125 heavy (non-hydrogen) atoms. The third-order valence-electron chi connectivity index (χ3n) is 18.7. The molecular weight excluding hydrogens is 1830 g/mol. The lowest BCUT2D eigenvalue weighted by Gasteiger charge is -2.23. The summed E-state index contributed by atoms with van der Waals surface area (Å²) in [6.45, 7) is 20.3. The molecule has 2 aliphatic heterocycles. The first-order valence-electron chi connectivity index (χ1n) is 37.1. The fraction of sp³-hybridized carbons (Fsp3) is 0.366. The number of nitro benzene ring substituents is 6. The maximum Gasteiger partial charge on any atom is 0.336 e. The van der Waals surface area contributed by atoms with Crippen LogP contribution in [0.5, 0.6) is 0 Å². The number of alkyl halides is 1. The third kappa shape index (κ3) is 35.1. The van der Waals surface area contributed by atoms with Gasteiger partial charge in [0.25, 0.3) is 34.1 Å². The lowest BCUT2D eigenvalue weighted by molar-refractivity contribution is -0.385. The number of nitro groups is 6. The second-order valence-corrected chi connectivity index (χ2v) is 30.9. The number of ether oxygens (including phenoxy) is 6. The van der Waals surface area contributed by atoms with E-state index in [1.165, 1.54) is 73.2 Å². The molecule has 0 aromatic heterocycles. The van der Waals surface area contributed by atoms with E-state index >= 15 is 0 Å². The molecule has 10 rings (SSSR count). The monoisotopic (exact) mass is 1920 g/mol. The fourth-order valence-corrected chi connectivity index (χ4v) is 13.3. The van der Waals surface area contributed by atoms with E-state index < -0.39 is 59.3 Å². The molecule has 0 atom stereocenters. The Bertz CT molecular complexity index is 5060. The van der Waals surface area contributed by atoms with Crippen LogP contribution in [0.1, 0.15) is 112 Å². The van der Waals surface area contributed by atoms with E-state index in [4.69, 9.17) is 164 Å². The predicted molar refractivity (Wildman–Crippen MR) is 473 cm³/mol. The van der Waals surface area contributed by atoms with E-state index in [2.05, 4.69) is 0 Å². The minimum Gasteiger partial charge on any atom is -0.478 e. The van der Waals surface area contributed by atoms with Crippen molar-refractivity contribution in [2.24, 2.45) is 23.7 Å². The Kier molecular flexibility index (Phi) is 47.5. The van der Waals surface area contributed by atoms with Gasteiger partial charge in [-0.2, -0.15) is 0 Å². The average molecular weight is 1920 g/mol. The molecule has 2 aliphatic rings. The first-order valence-corrected chi connectivity index (χ1v) is 40.7. The van der Waals surface area contributed by atoms with Gasteiger partial charge in [0, 0.05) is 125 Å². The summed E-state index contributed by atoms with van der Waals surface area (Å²) in [5.74, 6) is -4.30. The van der Waals surface area contributed by atoms with Gasteiger partial charge in [0.15, 0.2) is 5.92 Å². The van der Waals surface area contributed by atoms with E-state index in [0.717, 1.165) is 64.6 Å². The quantitative estimate of drug-likeness (QED) is 0.00817. The van der Waals surface area contributed by atoms with Crippen LogP contribution in [0.25, 0.3) is 0 Å². The summed E-state index contributed by atoms with van der Waals surface area (Å²) >= 11 is 52.4. The third-order valence-corrected chi connectivity index (χ3v) is 22.1. The van der Waals surface area contributed by atoms with Gasteiger partial charge in [-0.3, -0.25) is 70.3 Å². The van der Waals surface area contributed by atoms with Crippen molar-refractivity contribution in [2.75, 3.05) is 72.2 Å². The molecule has 34 nitrogen and oxygen atoms in total. The van der Waals surface area contributed by atoms with Gasteiger partial charge in [-0.05, 0) is 197 Å². The molecule has 2 heterocycles. The van der Waals surface area contributed by atoms with Gasteiger partial charge >= 0.3 is 23.9 Å². The maximum absolute atomic E-state index is 12.0. The number of hydrogen-bond acceptors (Lipinski definition) is 26. The minimum absolute atomic E-state index is 0.0220. The fourth-order valence-electron chi connectivity index (χ4n) is 11.3. The Hall–Kier alpha value is -9.83. The lowest BCUT2D eigenvalue weighted by atomic mass is 9.95. The first kappa shape index (κ1) is 109. The van der Waals surface area contributed by atoms with Crippen molar-refractivity contribution < 1.29 is 103 Å². The molecule has 0 amide bonds. The molecule has 0 bridgehead atoms. The van der Waals surface area contributed by atoms with E-state index in [1.54, 1.807) is 72.7 Å². The number of carbonyl (C=O) groups is 4. The molecule has 0 radical (unpaired) electrons. The number of rotatable bonds is 24. The molecule has 8 aromatic rings. The average Bonchev–Trinajstić information content (AvgIpc) is 0.822. The summed E-state index contributed by atoms with van der Waals surface area (Å²) < 4.78 is 30.7. The van der Waals surface area contributed by atoms with Crippen molar-refractivity contribution in [3.63, 3.8) is 0 Å². The molecule has 0 aliphatic carbocycles. The zero-order valence-electron chi connectivity index (χ0n) is 68.8. The summed E-state index contributed by atoms with van der Waals surface area (Å²) in [6, 6.07) is 24.3. The normalized spacial score (nSPS) is 12.1. The number of carbonyl (C=O) groups excluding carboxylic acids is 2. The molecule has 0 saturated carbocycles. The van der Waals surface area contributed by atoms with Crippen LogP contribution in [0.4, 0.5) is 39.8 Å². The van der Waals surface area contributed by atoms with Crippen LogP contribution in [0.3, 0.4) is 0 Å². The van der Waals surface area contributed by atoms with E-state index in [9.17, 15) is 79.9 Å². The van der Waals surface area contributed by atoms with Crippen molar-refractivity contribution in [3.05, 3.63) is 293 Å². The highest BCUT2D eigenvalue weighted by molar-refractivity contribution is 6.34. The largest absolute Gasteiger partial charge is 0.478 e. The maximum atomic E-state index is 12.0. The summed E-state index contributed by atoms with van der Waals surface area (Å²) in [4.78, 5) is 106. The van der Waals surface area contributed by atoms with Crippen LogP contribution in [-0.2, 0) is 76.2 Å². The molecule has 0 spiro atoms. The molecule has 2 fully saturated rings. The molecule has 678 valence electrons. The summed E-state index contributed by atoms with van der Waals surface area (Å²) in [7, 11) is 0. The number of benzene rings is 8. The number of halogens is 9. The Labute approximate surface area is 762 Å². The van der Waals surface area contributed by atoms with Gasteiger partial charge in [0.1, 0.15) is 13.6 Å². The van der Waals surface area contributed by atoms with Gasteiger partial charge in [0.05, 0.1) is 117 Å². The molecule has 0 unspecified atom stereocenters. The molecule has 2 saturated heterocycles. The van der Waals surface area contributed by atoms with Crippen LogP contribution in [0.2, 0.25) is 40.2 Å². The molecular formula is C82H90Cl9N7O27. The number of anilines is 1. The number of esters is 2. The van der Waals surface area contributed by atoms with Gasteiger partial charge in [0.2, 0.25) is 0 Å². The van der Waals surface area contributed by atoms with E-state index in [-0.39, 0.29) is 112 Å². The van der Waals surface area contributed by atoms with Crippen molar-refractivity contribution in [2.45, 2.75) is 107 Å². The number of hydrogen-bond donors (Lipinski definition) is 6. The van der Waals surface area contributed by atoms with Crippen molar-refractivity contribution in [1.29, 1.82) is 0 Å². The van der Waals surface area contributed by atoms with Crippen LogP contribution in [0, 0.1) is 140 Å². The van der Waals surface area contributed by atoms with E-state index in [0.29, 0.717) is 121 Å². The highest BCUT2D eigenvalue weighted by atomic mass is 35.5. The number of aliphatic hydroxyl groups excluding tert-OH is 3. The molecule has 7 N–H and O–H groups in total. The summed E-state index contributed by atoms with van der Waals surface area (Å²) in [6.07, 6.45) is 1.86. The van der Waals surface area contributed by atoms with Gasteiger partial charge in [-0.1, -0.05) is 98.9 Å². The Morgan fingerprint density at radius 3 is 1.04 bits per heavy atom. The minimum atomic E-state index is -1.23. The van der Waals surface area contributed by atoms with Crippen LogP contribution >= 0.6 is 104 Å². The summed E-state index contributed by atoms with van der Waals surface area (Å²) in [5, 5.41) is 111. The Morgan fingerprint density at radius 2 is 0.704 bits per heavy atom. The number of nitrogens with zero attached hydrogens (tertiary/aromatic N) is 6. The SMILES string of the molecule is CCOC(=O)C(Cc1cc([N+](=O)[O-])cc(Cl)c1C)C(=O)OCC.Cc1c(Cl)cc(N)cc1CC1COCOC1.Cc1c(Cl)cc([N+](=O)[O-])cc1C(=O)O.Cc1c(Cl)cc([N+](=O)[O-])cc1CC(CO)CO.Cc1c(Cl)cc([N+](=O)[O-])cc1CC1COCOC1.Cc1c(Cl)cc([N+](=O)[O-])cc1CCl.Cc1c(Cl)cc([N+](=O)[O-])cc1CO.Cc1c(Cl)cccc1C(=O)O. The molecule has 8 aromatic carbocycles. The second kappa shape index (κ2) is 54.3. The first-order chi connectivity index (χ1) is 58.7. The van der Waals surface area contributed by atoms with E-state index in [1.807, 2.05) is 19.9 Å². The highest BCUT2D eigenvalue weighted by Gasteiger charge is 2.32. The summed E-state index contributed by atoms with van der Waals surface area (Å²) in [5.41, 5.74) is 16.0. The standard InChI is InChI=1S/C15H18ClNO6.C12H14ClNO4.C12H16ClNO2.C11H14ClNO4.C8H7Cl2NO2.C8H6ClNO4.C8H8ClNO3.C8H7ClO2/c1-4-22-14(18)12(15(19)23-5-2)7-10-6-11(17(20)21)8-13(16)9(10)3;1-8-10(2-9-5-17-7-18-6-9)3-11(14(15)16)4-12(8)13;1-8-10(3-11(14)4-12(8)13)2-9-5-15-7-16-6-9;1-7-9(2-8(5-14)6-15)3-10(13(16)17)4-11(7)12;1-5-6(4-9)2-7(11(12)13)3-8(5)10;1-4-6(8(11)12)2-5(10(13)14)3-7(4)9;1-5-6(4-11)2-7(10(12)13)3-8(5)9;1-5-6(8(10)11)3-2-4-7(5)9/h6,8,12H,4-5,7H2,1-3H3;3-4,9H,2,5-7H2,1H3;3-4,9H,2,5-7,14H2,1H3;3-4,8,14-15H,2,5-6H2,1H3;2-3H,4H2,1H3;2-3H,1H3,(H,11,12);2-3,11H,4H2,1H3;2-4H,1H3,(H,10,11). The van der Waals surface area contributed by atoms with Crippen molar-refractivity contribution in [3.8, 4) is 0 Å². The zero-order chi connectivity index (χ0) is 94.6. The van der Waals surface area contributed by atoms with Gasteiger partial charge in [-0.25, -0.2) is 9.59 Å². The smallest absolute Gasteiger partial charge is 0.336 e. The van der Waals surface area contributed by atoms with Crippen LogP contribution in [0.15, 0.2) is 103 Å². The van der Waals surface area contributed by atoms with Crippen LogP contribution in [-0.4, -0.2) is 145 Å². The number of carboxylic acid groups (broad SMARTS) is 2. The van der Waals surface area contributed by atoms with Gasteiger partial charge in [-0.15, -0.1) is 11.6 Å². The number of nitrogen functional groups attached to an aromatic ring is 1. The number of carboxylic acids is 2. The van der Waals surface area contributed by atoms with Crippen molar-refractivity contribution in [1.82, 2.24) is 0 Å². The second-order valence-electron chi connectivity index (χ2n) is 27.4. The molecule has 43 heteroatoms. The lowest BCUT2D eigenvalue weighted by Crippen LogP contribution is -2.30. The Balaban J connectivity index is 0.000000372. The number of aromatic carboxylic acids is 2. The Morgan fingerprint density at radius 1 is 0.408 bits per heavy atom. The number of aliphatic hydroxyl groups is 3. The topological polar surface area (TPSA) is 510 Å². The highest BCUT2D eigenvalue weighted by Crippen LogP contribution is 2.35. The predicted octanol–water partition coefficient (Wildman–Crippen LogP) is 19.6. The van der Waals surface area contributed by atoms with Crippen molar-refractivity contribution >= 4 is 168 Å². The zero-order valence-corrected chi connectivity index (χ0v) is 75.6. The van der Waals surface area contributed by atoms with Gasteiger partial charge < -0.3 is 59.7 Å². The van der Waals surface area contributed by atoms with Crippen LogP contribution < -0.4 is 5.73 Å². The number of non-ortho nitro benzene ring substituents is 6.